The SMILES string of the molecule is CNCC1CCCC1NS(C)(=O)=O. The van der Waals surface area contributed by atoms with Gasteiger partial charge in [-0.25, -0.2) is 13.1 Å². The van der Waals surface area contributed by atoms with Crippen LogP contribution in [0, 0.1) is 5.92 Å². The lowest BCUT2D eigenvalue weighted by Gasteiger charge is -2.19. The van der Waals surface area contributed by atoms with Crippen LogP contribution in [-0.2, 0) is 10.0 Å². The van der Waals surface area contributed by atoms with Crippen LogP contribution >= 0.6 is 0 Å². The maximum Gasteiger partial charge on any atom is 0.208 e. The normalized spacial score (nSPS) is 29.4. The van der Waals surface area contributed by atoms with E-state index in [1.54, 1.807) is 0 Å². The van der Waals surface area contributed by atoms with E-state index in [0.717, 1.165) is 25.8 Å². The highest BCUT2D eigenvalue weighted by molar-refractivity contribution is 7.88. The summed E-state index contributed by atoms with van der Waals surface area (Å²) >= 11 is 0. The zero-order chi connectivity index (χ0) is 9.90. The Bertz CT molecular complexity index is 251. The molecule has 1 aliphatic rings. The molecule has 0 saturated heterocycles. The van der Waals surface area contributed by atoms with Crippen LogP contribution in [0.25, 0.3) is 0 Å². The minimum atomic E-state index is -3.04. The molecule has 0 aromatic carbocycles. The first-order chi connectivity index (χ1) is 6.03. The molecule has 2 unspecified atom stereocenters. The monoisotopic (exact) mass is 206 g/mol. The van der Waals surface area contributed by atoms with Gasteiger partial charge in [0.2, 0.25) is 10.0 Å². The minimum absolute atomic E-state index is 0.141. The second-order valence-electron chi connectivity index (χ2n) is 3.75. The zero-order valence-corrected chi connectivity index (χ0v) is 9.02. The third-order valence-corrected chi connectivity index (χ3v) is 3.22. The van der Waals surface area contributed by atoms with Crippen molar-refractivity contribution in [2.24, 2.45) is 5.92 Å². The van der Waals surface area contributed by atoms with Crippen molar-refractivity contribution in [1.82, 2.24) is 10.0 Å². The van der Waals surface area contributed by atoms with Gasteiger partial charge < -0.3 is 5.32 Å². The van der Waals surface area contributed by atoms with E-state index < -0.39 is 10.0 Å². The Morgan fingerprint density at radius 1 is 1.38 bits per heavy atom. The predicted octanol–water partition coefficient (Wildman–Crippen LogP) is -0.0763. The van der Waals surface area contributed by atoms with Gasteiger partial charge >= 0.3 is 0 Å². The van der Waals surface area contributed by atoms with E-state index in [4.69, 9.17) is 0 Å². The molecule has 78 valence electrons. The Labute approximate surface area is 80.1 Å². The molecule has 0 aliphatic heterocycles. The summed E-state index contributed by atoms with van der Waals surface area (Å²) in [6.07, 6.45) is 4.44. The van der Waals surface area contributed by atoms with Crippen molar-refractivity contribution < 1.29 is 8.42 Å². The molecule has 0 amide bonds. The lowest BCUT2D eigenvalue weighted by Crippen LogP contribution is -2.39. The molecule has 2 N–H and O–H groups in total. The smallest absolute Gasteiger partial charge is 0.208 e. The number of nitrogens with one attached hydrogen (secondary N) is 2. The molecule has 1 aliphatic carbocycles. The van der Waals surface area contributed by atoms with Crippen LogP contribution in [0.4, 0.5) is 0 Å². The fraction of sp³-hybridized carbons (Fsp3) is 1.00. The standard InChI is InChI=1S/C8H18N2O2S/c1-9-6-7-4-3-5-8(7)10-13(2,11)12/h7-10H,3-6H2,1-2H3. The Hall–Kier alpha value is -0.130. The second-order valence-corrected chi connectivity index (χ2v) is 5.53. The van der Waals surface area contributed by atoms with Gasteiger partial charge in [-0.3, -0.25) is 0 Å². The fourth-order valence-electron chi connectivity index (χ4n) is 1.97. The first-order valence-electron chi connectivity index (χ1n) is 4.65. The third-order valence-electron chi connectivity index (χ3n) is 2.49. The quantitative estimate of drug-likeness (QED) is 0.676. The summed E-state index contributed by atoms with van der Waals surface area (Å²) in [6.45, 7) is 0.896. The summed E-state index contributed by atoms with van der Waals surface area (Å²) in [5.74, 6) is 0.458. The van der Waals surface area contributed by atoms with Gasteiger partial charge in [-0.15, -0.1) is 0 Å². The summed E-state index contributed by atoms with van der Waals surface area (Å²) in [4.78, 5) is 0. The highest BCUT2D eigenvalue weighted by Gasteiger charge is 2.28. The highest BCUT2D eigenvalue weighted by atomic mass is 32.2. The van der Waals surface area contributed by atoms with Crippen molar-refractivity contribution in [2.45, 2.75) is 25.3 Å². The van der Waals surface area contributed by atoms with Gasteiger partial charge in [-0.1, -0.05) is 6.42 Å². The molecular formula is C8H18N2O2S. The van der Waals surface area contributed by atoms with Gasteiger partial charge in [-0.05, 0) is 32.4 Å². The highest BCUT2D eigenvalue weighted by Crippen LogP contribution is 2.25. The maximum absolute atomic E-state index is 11.0. The van der Waals surface area contributed by atoms with Crippen LogP contribution in [0.15, 0.2) is 0 Å². The number of sulfonamides is 1. The summed E-state index contributed by atoms with van der Waals surface area (Å²) < 4.78 is 24.7. The maximum atomic E-state index is 11.0. The Balaban J connectivity index is 2.49. The molecular weight excluding hydrogens is 188 g/mol. The number of hydrogen-bond donors (Lipinski definition) is 2. The van der Waals surface area contributed by atoms with E-state index in [1.165, 1.54) is 6.26 Å². The van der Waals surface area contributed by atoms with Crippen LogP contribution in [0.3, 0.4) is 0 Å². The van der Waals surface area contributed by atoms with Crippen LogP contribution in [0.1, 0.15) is 19.3 Å². The molecule has 0 bridgehead atoms. The first-order valence-corrected chi connectivity index (χ1v) is 6.54. The van der Waals surface area contributed by atoms with Gasteiger partial charge in [0.1, 0.15) is 0 Å². The number of hydrogen-bond acceptors (Lipinski definition) is 3. The van der Waals surface area contributed by atoms with Gasteiger partial charge in [-0.2, -0.15) is 0 Å². The van der Waals surface area contributed by atoms with E-state index in [2.05, 4.69) is 10.0 Å². The molecule has 2 atom stereocenters. The van der Waals surface area contributed by atoms with E-state index in [9.17, 15) is 8.42 Å². The van der Waals surface area contributed by atoms with Crippen molar-refractivity contribution >= 4 is 10.0 Å². The van der Waals surface area contributed by atoms with Gasteiger partial charge in [0.15, 0.2) is 0 Å². The van der Waals surface area contributed by atoms with E-state index >= 15 is 0 Å². The Morgan fingerprint density at radius 2 is 2.08 bits per heavy atom. The summed E-state index contributed by atoms with van der Waals surface area (Å²) in [6, 6.07) is 0.141. The lowest BCUT2D eigenvalue weighted by atomic mass is 10.1. The molecule has 1 saturated carbocycles. The molecule has 4 nitrogen and oxygen atoms in total. The zero-order valence-electron chi connectivity index (χ0n) is 8.21. The lowest BCUT2D eigenvalue weighted by molar-refractivity contribution is 0.430. The van der Waals surface area contributed by atoms with Crippen LogP contribution in [0.2, 0.25) is 0 Å². The number of rotatable bonds is 4. The van der Waals surface area contributed by atoms with Crippen molar-refractivity contribution in [3.8, 4) is 0 Å². The van der Waals surface area contributed by atoms with E-state index in [-0.39, 0.29) is 6.04 Å². The largest absolute Gasteiger partial charge is 0.319 e. The Morgan fingerprint density at radius 3 is 2.62 bits per heavy atom. The molecule has 5 heteroatoms. The van der Waals surface area contributed by atoms with Crippen LogP contribution in [-0.4, -0.2) is 34.3 Å². The average molecular weight is 206 g/mol. The van der Waals surface area contributed by atoms with Crippen molar-refractivity contribution in [1.29, 1.82) is 0 Å². The van der Waals surface area contributed by atoms with Gasteiger partial charge in [0.25, 0.3) is 0 Å². The molecule has 0 spiro atoms. The van der Waals surface area contributed by atoms with Crippen molar-refractivity contribution in [2.75, 3.05) is 19.8 Å². The molecule has 0 heterocycles. The van der Waals surface area contributed by atoms with E-state index in [0.29, 0.717) is 5.92 Å². The third kappa shape index (κ3) is 3.62. The van der Waals surface area contributed by atoms with Crippen molar-refractivity contribution in [3.05, 3.63) is 0 Å². The molecule has 0 radical (unpaired) electrons. The van der Waals surface area contributed by atoms with Gasteiger partial charge in [0, 0.05) is 6.04 Å². The molecule has 13 heavy (non-hydrogen) atoms. The van der Waals surface area contributed by atoms with Crippen LogP contribution in [0.5, 0.6) is 0 Å². The summed E-state index contributed by atoms with van der Waals surface area (Å²) in [5.41, 5.74) is 0. The molecule has 0 aromatic rings. The average Bonchev–Trinajstić information content (AvgIpc) is 2.34. The first kappa shape index (κ1) is 10.9. The molecule has 1 rings (SSSR count). The van der Waals surface area contributed by atoms with Gasteiger partial charge in [0.05, 0.1) is 6.26 Å². The molecule has 0 aromatic heterocycles. The summed E-state index contributed by atoms with van der Waals surface area (Å²) in [7, 11) is -1.14. The Kier molecular flexibility index (Phi) is 3.70. The molecule has 1 fully saturated rings. The van der Waals surface area contributed by atoms with Crippen molar-refractivity contribution in [3.63, 3.8) is 0 Å². The topological polar surface area (TPSA) is 58.2 Å². The van der Waals surface area contributed by atoms with E-state index in [1.807, 2.05) is 7.05 Å². The second kappa shape index (κ2) is 4.39. The predicted molar refractivity (Wildman–Crippen MR) is 53.0 cm³/mol. The fourth-order valence-corrected chi connectivity index (χ4v) is 2.83. The van der Waals surface area contributed by atoms with Crippen LogP contribution < -0.4 is 10.0 Å². The summed E-state index contributed by atoms with van der Waals surface area (Å²) in [5, 5.41) is 3.09. The minimum Gasteiger partial charge on any atom is -0.319 e.